The van der Waals surface area contributed by atoms with Crippen LogP contribution in [0.3, 0.4) is 0 Å². The molecule has 2 amide bonds. The van der Waals surface area contributed by atoms with E-state index in [1.165, 1.54) is 16.7 Å². The van der Waals surface area contributed by atoms with Crippen molar-refractivity contribution in [1.82, 2.24) is 5.32 Å². The monoisotopic (exact) mass is 311 g/mol. The van der Waals surface area contributed by atoms with Crippen molar-refractivity contribution in [1.29, 1.82) is 0 Å². The van der Waals surface area contributed by atoms with Gasteiger partial charge in [0.15, 0.2) is 0 Å². The first-order valence-corrected chi connectivity index (χ1v) is 7.43. The van der Waals surface area contributed by atoms with Gasteiger partial charge in [0.05, 0.1) is 6.54 Å². The van der Waals surface area contributed by atoms with E-state index < -0.39 is 5.91 Å². The van der Waals surface area contributed by atoms with Crippen molar-refractivity contribution in [2.75, 3.05) is 11.9 Å². The highest BCUT2D eigenvalue weighted by atomic mass is 16.2. The summed E-state index contributed by atoms with van der Waals surface area (Å²) in [6.07, 6.45) is 0. The molecule has 0 saturated heterocycles. The third kappa shape index (κ3) is 4.57. The van der Waals surface area contributed by atoms with Gasteiger partial charge in [-0.05, 0) is 48.7 Å². The molecular weight excluding hydrogens is 290 g/mol. The minimum absolute atomic E-state index is 0.168. The topological polar surface area (TPSA) is 84.2 Å². The smallest absolute Gasteiger partial charge is 0.251 e. The van der Waals surface area contributed by atoms with Crippen LogP contribution in [0, 0.1) is 13.8 Å². The van der Waals surface area contributed by atoms with Gasteiger partial charge in [-0.1, -0.05) is 24.3 Å². The molecule has 0 aliphatic heterocycles. The van der Waals surface area contributed by atoms with E-state index in [9.17, 15) is 9.59 Å². The van der Waals surface area contributed by atoms with Crippen molar-refractivity contribution in [2.45, 2.75) is 20.4 Å². The average Bonchev–Trinajstić information content (AvgIpc) is 2.52. The molecule has 5 nitrogen and oxygen atoms in total. The Bertz CT molecular complexity index is 706. The number of nitrogens with one attached hydrogen (secondary N) is 2. The fourth-order valence-electron chi connectivity index (χ4n) is 2.36. The second kappa shape index (κ2) is 7.45. The molecular formula is C18H21N3O2. The Balaban J connectivity index is 2.05. The van der Waals surface area contributed by atoms with Crippen molar-refractivity contribution >= 4 is 17.5 Å². The summed E-state index contributed by atoms with van der Waals surface area (Å²) in [5.74, 6) is -0.887. The van der Waals surface area contributed by atoms with E-state index in [0.717, 1.165) is 5.69 Å². The highest BCUT2D eigenvalue weighted by Gasteiger charge is 2.07. The molecule has 2 aromatic rings. The van der Waals surface area contributed by atoms with Gasteiger partial charge >= 0.3 is 0 Å². The maximum atomic E-state index is 11.9. The van der Waals surface area contributed by atoms with E-state index in [2.05, 4.69) is 36.6 Å². The summed E-state index contributed by atoms with van der Waals surface area (Å²) in [4.78, 5) is 22.7. The Kier molecular flexibility index (Phi) is 5.36. The van der Waals surface area contributed by atoms with Crippen LogP contribution < -0.4 is 16.4 Å². The van der Waals surface area contributed by atoms with E-state index in [1.807, 2.05) is 12.1 Å². The minimum atomic E-state index is -0.567. The molecule has 0 spiro atoms. The van der Waals surface area contributed by atoms with Gasteiger partial charge in [-0.2, -0.15) is 0 Å². The Hall–Kier alpha value is -2.82. The van der Waals surface area contributed by atoms with Crippen LogP contribution in [0.5, 0.6) is 0 Å². The minimum Gasteiger partial charge on any atom is -0.381 e. The van der Waals surface area contributed by atoms with E-state index in [-0.39, 0.29) is 12.5 Å². The first kappa shape index (κ1) is 16.5. The van der Waals surface area contributed by atoms with Crippen LogP contribution in [0.15, 0.2) is 42.5 Å². The number of benzene rings is 2. The van der Waals surface area contributed by atoms with Crippen molar-refractivity contribution in [3.63, 3.8) is 0 Å². The normalized spacial score (nSPS) is 10.2. The number of primary amides is 1. The van der Waals surface area contributed by atoms with Crippen LogP contribution in [0.25, 0.3) is 0 Å². The summed E-state index contributed by atoms with van der Waals surface area (Å²) in [6.45, 7) is 4.68. The highest BCUT2D eigenvalue weighted by molar-refractivity contribution is 5.97. The fraction of sp³-hybridized carbons (Fsp3) is 0.222. The molecule has 0 fully saturated rings. The van der Waals surface area contributed by atoms with Crippen molar-refractivity contribution < 1.29 is 9.59 Å². The molecule has 0 aliphatic rings. The second-order valence-corrected chi connectivity index (χ2v) is 5.45. The number of hydrogen-bond donors (Lipinski definition) is 3. The van der Waals surface area contributed by atoms with Gasteiger partial charge in [-0.3, -0.25) is 9.59 Å². The number of carbonyl (C=O) groups excluding carboxylic acids is 2. The fourth-order valence-corrected chi connectivity index (χ4v) is 2.36. The van der Waals surface area contributed by atoms with Crippen LogP contribution in [0.2, 0.25) is 0 Å². The lowest BCUT2D eigenvalue weighted by atomic mass is 10.0. The number of hydrogen-bond acceptors (Lipinski definition) is 3. The maximum absolute atomic E-state index is 11.9. The number of aryl methyl sites for hydroxylation is 2. The number of amides is 2. The Morgan fingerprint density at radius 2 is 1.70 bits per heavy atom. The van der Waals surface area contributed by atoms with Crippen LogP contribution in [0.1, 0.15) is 27.0 Å². The zero-order valence-corrected chi connectivity index (χ0v) is 13.3. The summed E-state index contributed by atoms with van der Waals surface area (Å²) in [6, 6.07) is 13.3. The molecule has 0 radical (unpaired) electrons. The second-order valence-electron chi connectivity index (χ2n) is 5.45. The molecule has 120 valence electrons. The summed E-state index contributed by atoms with van der Waals surface area (Å²) in [5.41, 5.74) is 10.1. The highest BCUT2D eigenvalue weighted by Crippen LogP contribution is 2.17. The van der Waals surface area contributed by atoms with Crippen LogP contribution in [0.4, 0.5) is 5.69 Å². The third-order valence-corrected chi connectivity index (χ3v) is 3.66. The standard InChI is InChI=1S/C18H21N3O2/c1-12-5-3-6-13(2)16(12)10-20-15-8-4-7-14(9-15)18(23)21-11-17(19)22/h3-9,20H,10-11H2,1-2H3,(H2,19,22)(H,21,23). The SMILES string of the molecule is Cc1cccc(C)c1CNc1cccc(C(=O)NCC(N)=O)c1. The van der Waals surface area contributed by atoms with Gasteiger partial charge in [0.1, 0.15) is 0 Å². The van der Waals surface area contributed by atoms with Crippen LogP contribution in [-0.2, 0) is 11.3 Å². The van der Waals surface area contributed by atoms with Crippen molar-refractivity contribution in [3.8, 4) is 0 Å². The molecule has 0 saturated carbocycles. The molecule has 0 bridgehead atoms. The zero-order valence-electron chi connectivity index (χ0n) is 13.3. The largest absolute Gasteiger partial charge is 0.381 e. The lowest BCUT2D eigenvalue weighted by Gasteiger charge is -2.12. The third-order valence-electron chi connectivity index (χ3n) is 3.66. The molecule has 2 aromatic carbocycles. The van der Waals surface area contributed by atoms with Gasteiger partial charge in [0.25, 0.3) is 5.91 Å². The number of carbonyl (C=O) groups is 2. The predicted octanol–water partition coefficient (Wildman–Crippen LogP) is 2.13. The van der Waals surface area contributed by atoms with Crippen molar-refractivity contribution in [2.24, 2.45) is 5.73 Å². The lowest BCUT2D eigenvalue weighted by Crippen LogP contribution is -2.33. The van der Waals surface area contributed by atoms with Gasteiger partial charge in [-0.25, -0.2) is 0 Å². The summed E-state index contributed by atoms with van der Waals surface area (Å²) >= 11 is 0. The van der Waals surface area contributed by atoms with Gasteiger partial charge in [-0.15, -0.1) is 0 Å². The van der Waals surface area contributed by atoms with Gasteiger partial charge in [0, 0.05) is 17.8 Å². The zero-order chi connectivity index (χ0) is 16.8. The van der Waals surface area contributed by atoms with Gasteiger partial charge < -0.3 is 16.4 Å². The van der Waals surface area contributed by atoms with Crippen LogP contribution >= 0.6 is 0 Å². The van der Waals surface area contributed by atoms with E-state index in [1.54, 1.807) is 18.2 Å². The first-order valence-electron chi connectivity index (χ1n) is 7.43. The van der Waals surface area contributed by atoms with E-state index >= 15 is 0 Å². The molecule has 0 heterocycles. The summed E-state index contributed by atoms with van der Waals surface area (Å²) in [7, 11) is 0. The van der Waals surface area contributed by atoms with E-state index in [4.69, 9.17) is 5.73 Å². The predicted molar refractivity (Wildman–Crippen MR) is 91.2 cm³/mol. The molecule has 2 rings (SSSR count). The molecule has 5 heteroatoms. The number of nitrogens with two attached hydrogens (primary N) is 1. The van der Waals surface area contributed by atoms with E-state index in [0.29, 0.717) is 12.1 Å². The Labute approximate surface area is 135 Å². The maximum Gasteiger partial charge on any atom is 0.251 e. The summed E-state index contributed by atoms with van der Waals surface area (Å²) in [5, 5.41) is 5.81. The molecule has 4 N–H and O–H groups in total. The molecule has 0 aliphatic carbocycles. The summed E-state index contributed by atoms with van der Waals surface area (Å²) < 4.78 is 0. The average molecular weight is 311 g/mol. The first-order chi connectivity index (χ1) is 11.0. The number of rotatable bonds is 6. The number of anilines is 1. The lowest BCUT2D eigenvalue weighted by molar-refractivity contribution is -0.117. The molecule has 0 unspecified atom stereocenters. The van der Waals surface area contributed by atoms with Crippen LogP contribution in [-0.4, -0.2) is 18.4 Å². The quantitative estimate of drug-likeness (QED) is 0.764. The molecule has 23 heavy (non-hydrogen) atoms. The molecule has 0 atom stereocenters. The Morgan fingerprint density at radius 1 is 1.04 bits per heavy atom. The molecule has 0 aromatic heterocycles. The van der Waals surface area contributed by atoms with Gasteiger partial charge in [0.2, 0.25) is 5.91 Å². The van der Waals surface area contributed by atoms with Crippen molar-refractivity contribution in [3.05, 3.63) is 64.7 Å². The Morgan fingerprint density at radius 3 is 2.35 bits per heavy atom.